The highest BCUT2D eigenvalue weighted by atomic mass is 35.5. The Balaban J connectivity index is 0.000000191. The molecule has 4 amide bonds. The lowest BCUT2D eigenvalue weighted by Crippen LogP contribution is -2.50. The maximum atomic E-state index is 13.4. The van der Waals surface area contributed by atoms with Gasteiger partial charge in [0, 0.05) is 94.4 Å². The Bertz CT molecular complexity index is 3300. The van der Waals surface area contributed by atoms with Crippen LogP contribution in [0.25, 0.3) is 10.8 Å². The van der Waals surface area contributed by atoms with Crippen molar-refractivity contribution in [2.24, 2.45) is 0 Å². The molecule has 0 saturated carbocycles. The number of hydrogen-bond acceptors (Lipinski definition) is 10. The van der Waals surface area contributed by atoms with Gasteiger partial charge in [0.15, 0.2) is 0 Å². The summed E-state index contributed by atoms with van der Waals surface area (Å²) in [5, 5.41) is 8.70. The lowest BCUT2D eigenvalue weighted by molar-refractivity contribution is 0.0691. The van der Waals surface area contributed by atoms with E-state index in [0.29, 0.717) is 44.7 Å². The second-order valence-electron chi connectivity index (χ2n) is 16.3. The lowest BCUT2D eigenvalue weighted by Gasteiger charge is -2.33. The van der Waals surface area contributed by atoms with Gasteiger partial charge < -0.3 is 20.4 Å². The first-order chi connectivity index (χ1) is 34.0. The second-order valence-corrected chi connectivity index (χ2v) is 23.8. The van der Waals surface area contributed by atoms with Gasteiger partial charge in [0.2, 0.25) is 0 Å². The van der Waals surface area contributed by atoms with Gasteiger partial charge in [-0.25, -0.2) is 21.2 Å². The Morgan fingerprint density at radius 2 is 0.901 bits per heavy atom. The first-order valence-corrected chi connectivity index (χ1v) is 27.4. The first kappa shape index (κ1) is 51.3. The van der Waals surface area contributed by atoms with Gasteiger partial charge in [0.25, 0.3) is 43.7 Å². The van der Waals surface area contributed by atoms with Crippen molar-refractivity contribution >= 4 is 100 Å². The van der Waals surface area contributed by atoms with Crippen LogP contribution in [0.4, 0.5) is 4.39 Å². The number of benzene rings is 5. The number of rotatable bonds is 12. The molecule has 0 unspecified atom stereocenters. The molecular formula is C50H45Cl2FN6O8S4. The van der Waals surface area contributed by atoms with Crippen LogP contribution in [-0.4, -0.2) is 111 Å². The monoisotopic (exact) mass is 1070 g/mol. The molecule has 0 aliphatic carbocycles. The zero-order chi connectivity index (χ0) is 50.3. The van der Waals surface area contributed by atoms with E-state index in [-0.39, 0.29) is 90.0 Å². The van der Waals surface area contributed by atoms with Gasteiger partial charge in [-0.15, -0.1) is 22.7 Å². The van der Waals surface area contributed by atoms with E-state index in [1.807, 2.05) is 42.5 Å². The van der Waals surface area contributed by atoms with Gasteiger partial charge in [0.05, 0.1) is 13.1 Å². The zero-order valence-electron chi connectivity index (χ0n) is 37.7. The molecule has 5 aromatic carbocycles. The van der Waals surface area contributed by atoms with E-state index < -0.39 is 25.9 Å². The predicted octanol–water partition coefficient (Wildman–Crippen LogP) is 8.25. The maximum Gasteiger partial charge on any atom is 0.254 e. The summed E-state index contributed by atoms with van der Waals surface area (Å²) in [6.45, 7) is 2.21. The van der Waals surface area contributed by atoms with Crippen LogP contribution < -0.4 is 10.6 Å². The minimum Gasteiger partial charge on any atom is -0.347 e. The molecule has 0 bridgehead atoms. The zero-order valence-corrected chi connectivity index (χ0v) is 42.4. The van der Waals surface area contributed by atoms with Crippen LogP contribution in [0.15, 0.2) is 148 Å². The van der Waals surface area contributed by atoms with Crippen molar-refractivity contribution in [2.75, 3.05) is 52.4 Å². The smallest absolute Gasteiger partial charge is 0.254 e. The largest absolute Gasteiger partial charge is 0.347 e. The van der Waals surface area contributed by atoms with Crippen molar-refractivity contribution in [3.63, 3.8) is 0 Å². The number of nitrogens with one attached hydrogen (secondary N) is 2. The molecule has 2 aliphatic heterocycles. The molecule has 2 aromatic heterocycles. The number of amides is 4. The van der Waals surface area contributed by atoms with Crippen LogP contribution in [-0.2, 0) is 33.1 Å². The summed E-state index contributed by atoms with van der Waals surface area (Å²) in [5.41, 5.74) is 1.77. The van der Waals surface area contributed by atoms with E-state index >= 15 is 0 Å². The summed E-state index contributed by atoms with van der Waals surface area (Å²) >= 11 is 13.9. The molecule has 0 atom stereocenters. The van der Waals surface area contributed by atoms with E-state index in [4.69, 9.17) is 23.2 Å². The highest BCUT2D eigenvalue weighted by Gasteiger charge is 2.33. The highest BCUT2D eigenvalue weighted by Crippen LogP contribution is 2.28. The number of fused-ring (bicyclic) bond motifs is 1. The first-order valence-electron chi connectivity index (χ1n) is 22.1. The number of sulfonamides is 2. The second kappa shape index (κ2) is 22.6. The number of nitrogens with zero attached hydrogens (tertiary/aromatic N) is 4. The van der Waals surface area contributed by atoms with Crippen molar-refractivity contribution in [3.05, 3.63) is 187 Å². The van der Waals surface area contributed by atoms with E-state index in [1.165, 1.54) is 43.8 Å². The Morgan fingerprint density at radius 1 is 0.479 bits per heavy atom. The summed E-state index contributed by atoms with van der Waals surface area (Å²) in [4.78, 5) is 54.8. The van der Waals surface area contributed by atoms with Crippen molar-refractivity contribution < 1.29 is 40.4 Å². The van der Waals surface area contributed by atoms with Gasteiger partial charge in [-0.3, -0.25) is 19.2 Å². The van der Waals surface area contributed by atoms with Crippen LogP contribution in [0.3, 0.4) is 0 Å². The molecule has 21 heteroatoms. The molecule has 0 radical (unpaired) electrons. The van der Waals surface area contributed by atoms with Crippen molar-refractivity contribution in [3.8, 4) is 0 Å². The van der Waals surface area contributed by atoms with E-state index in [2.05, 4.69) is 10.6 Å². The minimum atomic E-state index is -3.73. The lowest BCUT2D eigenvalue weighted by atomic mass is 10.1. The number of halogens is 3. The van der Waals surface area contributed by atoms with E-state index in [9.17, 15) is 40.4 Å². The average Bonchev–Trinajstić information content (AvgIpc) is 4.09. The van der Waals surface area contributed by atoms with Gasteiger partial charge in [-0.05, 0) is 114 Å². The summed E-state index contributed by atoms with van der Waals surface area (Å²) in [7, 11) is -7.42. The molecule has 7 aromatic rings. The van der Waals surface area contributed by atoms with Gasteiger partial charge >= 0.3 is 0 Å². The minimum absolute atomic E-state index is 0.0994. The number of carbonyl (C=O) groups excluding carboxylic acids is 4. The van der Waals surface area contributed by atoms with E-state index in [0.717, 1.165) is 38.3 Å². The third kappa shape index (κ3) is 12.5. The summed E-state index contributed by atoms with van der Waals surface area (Å²) in [5.74, 6) is -1.47. The maximum absolute atomic E-state index is 13.4. The Hall–Kier alpha value is -6.03. The van der Waals surface area contributed by atoms with Crippen LogP contribution in [0, 0.1) is 5.82 Å². The Morgan fingerprint density at radius 3 is 1.35 bits per heavy atom. The van der Waals surface area contributed by atoms with Gasteiger partial charge in [-0.2, -0.15) is 8.61 Å². The summed E-state index contributed by atoms with van der Waals surface area (Å²) < 4.78 is 69.1. The molecule has 4 heterocycles. The number of carbonyl (C=O) groups is 4. The van der Waals surface area contributed by atoms with Crippen molar-refractivity contribution in [1.82, 2.24) is 29.0 Å². The quantitative estimate of drug-likeness (QED) is 0.123. The third-order valence-corrected chi connectivity index (χ3v) is 19.0. The molecule has 2 aliphatic rings. The van der Waals surface area contributed by atoms with Crippen LogP contribution in [0.2, 0.25) is 10.0 Å². The van der Waals surface area contributed by atoms with Crippen molar-refractivity contribution in [2.45, 2.75) is 21.5 Å². The average molecular weight is 1080 g/mol. The fraction of sp³-hybridized carbons (Fsp3) is 0.200. The molecule has 2 saturated heterocycles. The number of hydrogen-bond donors (Lipinski definition) is 2. The van der Waals surface area contributed by atoms with Crippen LogP contribution >= 0.6 is 45.9 Å². The van der Waals surface area contributed by atoms with E-state index in [1.54, 1.807) is 71.6 Å². The SMILES string of the molecule is O=C(NCc1ccc(S(=O)(=O)N2CCN(C(=O)c3ccc4ccccc4c3)CC2)s1)c1ccc(Cl)cc1.O=C(NCc1ccc(S(=O)(=O)N2CCN(C(=O)c3cccc(F)c3)CC2)s1)c1ccc(Cl)cc1. The molecular weight excluding hydrogens is 1030 g/mol. The van der Waals surface area contributed by atoms with Crippen LogP contribution in [0.5, 0.6) is 0 Å². The number of thiophene rings is 2. The third-order valence-electron chi connectivity index (χ3n) is 11.6. The van der Waals surface area contributed by atoms with Gasteiger partial charge in [0.1, 0.15) is 14.2 Å². The van der Waals surface area contributed by atoms with Crippen LogP contribution in [0.1, 0.15) is 51.2 Å². The molecule has 368 valence electrons. The normalized spacial score (nSPS) is 14.6. The molecule has 2 fully saturated rings. The molecule has 0 spiro atoms. The summed E-state index contributed by atoms with van der Waals surface area (Å²) in [6, 6.07) is 38.4. The Labute approximate surface area is 428 Å². The predicted molar refractivity (Wildman–Crippen MR) is 274 cm³/mol. The topological polar surface area (TPSA) is 174 Å². The molecule has 9 rings (SSSR count). The van der Waals surface area contributed by atoms with Crippen molar-refractivity contribution in [1.29, 1.82) is 0 Å². The fourth-order valence-corrected chi connectivity index (χ4v) is 13.7. The number of piperazine rings is 2. The molecule has 14 nitrogen and oxygen atoms in total. The highest BCUT2D eigenvalue weighted by molar-refractivity contribution is 7.91. The fourth-order valence-electron chi connectivity index (χ4n) is 7.75. The molecule has 2 N–H and O–H groups in total. The standard InChI is InChI=1S/C27H24ClN3O4S2.C23H21ClFN3O4S2/c28-23-9-7-20(8-10-23)26(32)29-18-24-11-12-25(36-24)37(34,35)31-15-13-30(14-16-31)27(33)22-6-5-19-3-1-2-4-21(19)17-22;24-18-6-4-16(5-7-18)22(29)26-15-20-8-9-21(33-20)34(31,32)28-12-10-27(11-13-28)23(30)17-2-1-3-19(25)14-17/h1-12,17H,13-16,18H2,(H,29,32);1-9,14H,10-13,15H2,(H,26,29). The summed E-state index contributed by atoms with van der Waals surface area (Å²) in [6.07, 6.45) is 0. The Kier molecular flexibility index (Phi) is 16.3. The molecule has 71 heavy (non-hydrogen) atoms. The van der Waals surface area contributed by atoms with Gasteiger partial charge in [-0.1, -0.05) is 59.6 Å².